The van der Waals surface area contributed by atoms with Crippen LogP contribution >= 0.6 is 0 Å². The van der Waals surface area contributed by atoms with Crippen LogP contribution in [-0.2, 0) is 0 Å². The molecule has 0 unspecified atom stereocenters. The molecule has 3 aromatic rings. The number of hydrogen-bond acceptors (Lipinski definition) is 8. The number of methoxy groups -OCH3 is 1. The van der Waals surface area contributed by atoms with Crippen molar-refractivity contribution in [1.29, 1.82) is 10.5 Å². The lowest BCUT2D eigenvalue weighted by Crippen LogP contribution is -2.16. The molecule has 0 bridgehead atoms. The molecule has 30 heavy (non-hydrogen) atoms. The quantitative estimate of drug-likeness (QED) is 0.459. The molecule has 0 aliphatic heterocycles. The van der Waals surface area contributed by atoms with Crippen LogP contribution in [0.4, 0.5) is 5.95 Å². The Kier molecular flexibility index (Phi) is 6.39. The predicted octanol–water partition coefficient (Wildman–Crippen LogP) is 2.67. The van der Waals surface area contributed by atoms with Crippen molar-refractivity contribution in [2.24, 2.45) is 5.10 Å². The minimum absolute atomic E-state index is 0.0662. The standard InChI is InChI=1S/C21H16N6O3/c1-29-16-7-8-18(30-10-9-22)15(11-16)13-24-27-21-25-19(14-5-3-2-4-6-14)17(12-23)20(28)26-21/h2-8,11,13H,10H2,1H3,(H2,25,26,27,28). The van der Waals surface area contributed by atoms with E-state index in [2.05, 4.69) is 20.5 Å². The largest absolute Gasteiger partial charge is 0.497 e. The smallest absolute Gasteiger partial charge is 0.270 e. The number of rotatable bonds is 7. The summed E-state index contributed by atoms with van der Waals surface area (Å²) in [5, 5.41) is 22.1. The molecule has 0 radical (unpaired) electrons. The van der Waals surface area contributed by atoms with Gasteiger partial charge in [-0.05, 0) is 18.2 Å². The van der Waals surface area contributed by atoms with Gasteiger partial charge in [0.05, 0.1) is 19.0 Å². The molecular weight excluding hydrogens is 384 g/mol. The highest BCUT2D eigenvalue weighted by Crippen LogP contribution is 2.23. The van der Waals surface area contributed by atoms with Crippen LogP contribution in [0.1, 0.15) is 11.1 Å². The first-order valence-corrected chi connectivity index (χ1v) is 8.73. The van der Waals surface area contributed by atoms with Crippen molar-refractivity contribution in [3.8, 4) is 34.9 Å². The number of aromatic amines is 1. The molecule has 2 aromatic carbocycles. The SMILES string of the molecule is COc1ccc(OCC#N)c(C=NNc2nc(-c3ccccc3)c(C#N)c(=O)[nH]2)c1. The fraction of sp³-hybridized carbons (Fsp3) is 0.0952. The van der Waals surface area contributed by atoms with E-state index < -0.39 is 5.56 Å². The third-order valence-electron chi connectivity index (χ3n) is 3.96. The molecule has 3 rings (SSSR count). The van der Waals surface area contributed by atoms with Crippen LogP contribution in [0, 0.1) is 22.7 Å². The maximum atomic E-state index is 12.3. The van der Waals surface area contributed by atoms with E-state index >= 15 is 0 Å². The van der Waals surface area contributed by atoms with E-state index in [0.29, 0.717) is 22.6 Å². The first-order valence-electron chi connectivity index (χ1n) is 8.73. The summed E-state index contributed by atoms with van der Waals surface area (Å²) >= 11 is 0. The van der Waals surface area contributed by atoms with Crippen molar-refractivity contribution in [3.63, 3.8) is 0 Å². The number of H-pyrrole nitrogens is 1. The van der Waals surface area contributed by atoms with E-state index in [4.69, 9.17) is 14.7 Å². The normalized spacial score (nSPS) is 10.2. The lowest BCUT2D eigenvalue weighted by molar-refractivity contribution is 0.365. The summed E-state index contributed by atoms with van der Waals surface area (Å²) in [6.07, 6.45) is 1.44. The van der Waals surface area contributed by atoms with Gasteiger partial charge >= 0.3 is 0 Å². The number of nitrogens with zero attached hydrogens (tertiary/aromatic N) is 4. The van der Waals surface area contributed by atoms with Gasteiger partial charge in [0.2, 0.25) is 5.95 Å². The van der Waals surface area contributed by atoms with E-state index in [0.717, 1.165) is 0 Å². The zero-order valence-corrected chi connectivity index (χ0v) is 15.9. The summed E-state index contributed by atoms with van der Waals surface area (Å²) in [6, 6.07) is 17.7. The maximum absolute atomic E-state index is 12.3. The Hall–Kier alpha value is -4.63. The Labute approximate surface area is 171 Å². The fourth-order valence-electron chi connectivity index (χ4n) is 2.59. The number of hydrazone groups is 1. The monoisotopic (exact) mass is 400 g/mol. The summed E-state index contributed by atoms with van der Waals surface area (Å²) in [6.45, 7) is -0.120. The zero-order chi connectivity index (χ0) is 21.3. The summed E-state index contributed by atoms with van der Waals surface area (Å²) in [5.74, 6) is 1.09. The number of aromatic nitrogens is 2. The second-order valence-corrected chi connectivity index (χ2v) is 5.84. The van der Waals surface area contributed by atoms with Gasteiger partial charge in [-0.25, -0.2) is 10.4 Å². The van der Waals surface area contributed by atoms with Crippen molar-refractivity contribution < 1.29 is 9.47 Å². The molecule has 0 aliphatic rings. The molecule has 1 aromatic heterocycles. The molecule has 0 saturated heterocycles. The lowest BCUT2D eigenvalue weighted by Gasteiger charge is -2.08. The number of anilines is 1. The van der Waals surface area contributed by atoms with Gasteiger partial charge in [0.15, 0.2) is 6.61 Å². The summed E-state index contributed by atoms with van der Waals surface area (Å²) < 4.78 is 10.6. The predicted molar refractivity (Wildman–Crippen MR) is 110 cm³/mol. The molecule has 2 N–H and O–H groups in total. The van der Waals surface area contributed by atoms with Crippen LogP contribution in [0.15, 0.2) is 58.4 Å². The molecule has 0 amide bonds. The van der Waals surface area contributed by atoms with Crippen LogP contribution in [0.3, 0.4) is 0 Å². The average molecular weight is 400 g/mol. The van der Waals surface area contributed by atoms with E-state index in [1.54, 1.807) is 42.5 Å². The van der Waals surface area contributed by atoms with Crippen LogP contribution in [0.25, 0.3) is 11.3 Å². The van der Waals surface area contributed by atoms with Crippen molar-refractivity contribution in [1.82, 2.24) is 9.97 Å². The average Bonchev–Trinajstić information content (AvgIpc) is 2.78. The van der Waals surface area contributed by atoms with Gasteiger partial charge < -0.3 is 9.47 Å². The first kappa shape index (κ1) is 20.1. The number of hydrogen-bond donors (Lipinski definition) is 2. The van der Waals surface area contributed by atoms with E-state index in [9.17, 15) is 10.1 Å². The Morgan fingerprint density at radius 2 is 2.03 bits per heavy atom. The number of benzene rings is 2. The molecule has 0 fully saturated rings. The highest BCUT2D eigenvalue weighted by molar-refractivity contribution is 5.84. The molecule has 0 atom stereocenters. The van der Waals surface area contributed by atoms with Crippen LogP contribution < -0.4 is 20.5 Å². The van der Waals surface area contributed by atoms with Crippen LogP contribution in [0.2, 0.25) is 0 Å². The van der Waals surface area contributed by atoms with Crippen molar-refractivity contribution in [2.75, 3.05) is 19.1 Å². The molecular formula is C21H16N6O3. The van der Waals surface area contributed by atoms with Gasteiger partial charge in [0.25, 0.3) is 5.56 Å². The molecule has 9 heteroatoms. The maximum Gasteiger partial charge on any atom is 0.270 e. The second-order valence-electron chi connectivity index (χ2n) is 5.84. The van der Waals surface area contributed by atoms with E-state index in [-0.39, 0.29) is 23.8 Å². The minimum Gasteiger partial charge on any atom is -0.497 e. The van der Waals surface area contributed by atoms with Crippen molar-refractivity contribution in [2.45, 2.75) is 0 Å². The van der Waals surface area contributed by atoms with Gasteiger partial charge in [0.1, 0.15) is 29.2 Å². The van der Waals surface area contributed by atoms with Crippen LogP contribution in [-0.4, -0.2) is 29.9 Å². The van der Waals surface area contributed by atoms with Gasteiger partial charge in [-0.1, -0.05) is 30.3 Å². The Balaban J connectivity index is 1.90. The number of nitriles is 2. The van der Waals surface area contributed by atoms with E-state index in [1.807, 2.05) is 18.2 Å². The van der Waals surface area contributed by atoms with Gasteiger partial charge in [0, 0.05) is 11.1 Å². The summed E-state index contributed by atoms with van der Waals surface area (Å²) in [7, 11) is 1.53. The highest BCUT2D eigenvalue weighted by Gasteiger charge is 2.13. The summed E-state index contributed by atoms with van der Waals surface area (Å²) in [4.78, 5) is 19.1. The molecule has 148 valence electrons. The first-order chi connectivity index (χ1) is 14.7. The molecule has 0 saturated carbocycles. The summed E-state index contributed by atoms with van der Waals surface area (Å²) in [5.41, 5.74) is 3.41. The third kappa shape index (κ3) is 4.61. The van der Waals surface area contributed by atoms with Gasteiger partial charge in [-0.2, -0.15) is 15.6 Å². The van der Waals surface area contributed by atoms with E-state index in [1.165, 1.54) is 13.3 Å². The fourth-order valence-corrected chi connectivity index (χ4v) is 2.59. The zero-order valence-electron chi connectivity index (χ0n) is 15.9. The van der Waals surface area contributed by atoms with Crippen molar-refractivity contribution >= 4 is 12.2 Å². The molecule has 1 heterocycles. The Morgan fingerprint density at radius 1 is 1.23 bits per heavy atom. The van der Waals surface area contributed by atoms with Crippen molar-refractivity contribution in [3.05, 3.63) is 70.0 Å². The highest BCUT2D eigenvalue weighted by atomic mass is 16.5. The Morgan fingerprint density at radius 3 is 2.73 bits per heavy atom. The minimum atomic E-state index is -0.580. The molecule has 9 nitrogen and oxygen atoms in total. The number of ether oxygens (including phenoxy) is 2. The number of nitrogens with one attached hydrogen (secondary N) is 2. The van der Waals surface area contributed by atoms with Crippen LogP contribution in [0.5, 0.6) is 11.5 Å². The third-order valence-corrected chi connectivity index (χ3v) is 3.96. The topological polar surface area (TPSA) is 136 Å². The molecule has 0 aliphatic carbocycles. The molecule has 0 spiro atoms. The Bertz CT molecular complexity index is 1210. The van der Waals surface area contributed by atoms with Gasteiger partial charge in [-0.15, -0.1) is 0 Å². The second kappa shape index (κ2) is 9.53. The lowest BCUT2D eigenvalue weighted by atomic mass is 10.1. The van der Waals surface area contributed by atoms with Gasteiger partial charge in [-0.3, -0.25) is 9.78 Å².